The molecule has 0 aliphatic carbocycles. The summed E-state index contributed by atoms with van der Waals surface area (Å²) < 4.78 is 4.62. The third kappa shape index (κ3) is 5.72. The van der Waals surface area contributed by atoms with Crippen molar-refractivity contribution < 1.29 is 19.6 Å². The monoisotopic (exact) mass is 285 g/mol. The average molecular weight is 286 g/mol. The molecule has 0 fully saturated rings. The van der Waals surface area contributed by atoms with E-state index < -0.39 is 6.09 Å². The van der Waals surface area contributed by atoms with Crippen molar-refractivity contribution in [2.75, 3.05) is 13.2 Å². The number of quaternary nitrogens is 1. The molecule has 0 spiro atoms. The molecule has 19 heavy (non-hydrogen) atoms. The molecule has 0 radical (unpaired) electrons. The second-order valence-corrected chi connectivity index (χ2v) is 4.49. The van der Waals surface area contributed by atoms with E-state index in [1.54, 1.807) is 19.1 Å². The van der Waals surface area contributed by atoms with Crippen molar-refractivity contribution in [1.29, 1.82) is 0 Å². The van der Waals surface area contributed by atoms with Gasteiger partial charge in [-0.25, -0.2) is 4.79 Å². The number of nitrogens with two attached hydrogens (primary N) is 1. The molecule has 1 rings (SSSR count). The first kappa shape index (κ1) is 15.5. The van der Waals surface area contributed by atoms with E-state index in [2.05, 4.69) is 10.1 Å². The van der Waals surface area contributed by atoms with Gasteiger partial charge in [-0.1, -0.05) is 23.7 Å². The third-order valence-corrected chi connectivity index (χ3v) is 2.82. The fourth-order valence-electron chi connectivity index (χ4n) is 1.52. The number of carbonyl (C=O) groups is 2. The van der Waals surface area contributed by atoms with Gasteiger partial charge in [0.2, 0.25) is 0 Å². The molecule has 2 amide bonds. The Bertz CT molecular complexity index is 434. The fourth-order valence-corrected chi connectivity index (χ4v) is 1.64. The summed E-state index contributed by atoms with van der Waals surface area (Å²) in [6, 6.07) is 7.53. The molecule has 0 aliphatic rings. The van der Waals surface area contributed by atoms with Gasteiger partial charge >= 0.3 is 6.09 Å². The van der Waals surface area contributed by atoms with Gasteiger partial charge in [0.05, 0.1) is 6.61 Å². The molecule has 104 valence electrons. The van der Waals surface area contributed by atoms with E-state index in [9.17, 15) is 9.59 Å². The summed E-state index contributed by atoms with van der Waals surface area (Å²) in [6.07, 6.45) is -0.708. The van der Waals surface area contributed by atoms with Gasteiger partial charge in [-0.15, -0.1) is 0 Å². The minimum Gasteiger partial charge on any atom is -0.450 e. The molecule has 0 unspecified atom stereocenters. The summed E-state index contributed by atoms with van der Waals surface area (Å²) >= 11 is 5.81. The van der Waals surface area contributed by atoms with Gasteiger partial charge in [0.15, 0.2) is 6.54 Å². The molecule has 0 saturated heterocycles. The number of imide groups is 1. The van der Waals surface area contributed by atoms with Crippen LogP contribution in [0.2, 0.25) is 5.02 Å². The van der Waals surface area contributed by atoms with E-state index in [-0.39, 0.29) is 25.1 Å². The largest absolute Gasteiger partial charge is 0.450 e. The minimum absolute atomic E-state index is 0.102. The lowest BCUT2D eigenvalue weighted by atomic mass is 10.1. The van der Waals surface area contributed by atoms with Crippen molar-refractivity contribution in [2.45, 2.75) is 19.9 Å². The first-order valence-electron chi connectivity index (χ1n) is 6.08. The normalized spacial score (nSPS) is 11.7. The highest BCUT2D eigenvalue weighted by Gasteiger charge is 2.13. The summed E-state index contributed by atoms with van der Waals surface area (Å²) in [4.78, 5) is 22.5. The molecule has 1 aromatic rings. The SMILES string of the molecule is CCOC(=O)NC(=O)C[NH2+][C@@H](C)c1ccc(Cl)cc1. The summed E-state index contributed by atoms with van der Waals surface area (Å²) in [5.74, 6) is -0.376. The van der Waals surface area contributed by atoms with E-state index in [0.717, 1.165) is 5.56 Å². The van der Waals surface area contributed by atoms with E-state index in [1.807, 2.05) is 24.4 Å². The molecule has 1 atom stereocenters. The molecule has 5 nitrogen and oxygen atoms in total. The van der Waals surface area contributed by atoms with Gasteiger partial charge in [0.1, 0.15) is 6.04 Å². The maximum Gasteiger partial charge on any atom is 0.414 e. The van der Waals surface area contributed by atoms with Crippen LogP contribution in [0.1, 0.15) is 25.5 Å². The topological polar surface area (TPSA) is 72.0 Å². The minimum atomic E-state index is -0.708. The van der Waals surface area contributed by atoms with Crippen molar-refractivity contribution in [3.8, 4) is 0 Å². The van der Waals surface area contributed by atoms with E-state index >= 15 is 0 Å². The van der Waals surface area contributed by atoms with Crippen LogP contribution in [0.25, 0.3) is 0 Å². The molecule has 6 heteroatoms. The number of nitrogens with one attached hydrogen (secondary N) is 1. The fraction of sp³-hybridized carbons (Fsp3) is 0.385. The lowest BCUT2D eigenvalue weighted by molar-refractivity contribution is -0.682. The number of rotatable bonds is 5. The molecule has 0 heterocycles. The Morgan fingerprint density at radius 3 is 2.58 bits per heavy atom. The van der Waals surface area contributed by atoms with Crippen LogP contribution >= 0.6 is 11.6 Å². The Kier molecular flexibility index (Phi) is 6.32. The Morgan fingerprint density at radius 2 is 2.00 bits per heavy atom. The van der Waals surface area contributed by atoms with Crippen LogP contribution in [0.5, 0.6) is 0 Å². The zero-order valence-electron chi connectivity index (χ0n) is 11.0. The maximum atomic E-state index is 11.5. The smallest absolute Gasteiger partial charge is 0.414 e. The van der Waals surface area contributed by atoms with Crippen LogP contribution in [-0.2, 0) is 9.53 Å². The van der Waals surface area contributed by atoms with Crippen LogP contribution in [0.15, 0.2) is 24.3 Å². The number of carbonyl (C=O) groups excluding carboxylic acids is 2. The first-order chi connectivity index (χ1) is 9.02. The van der Waals surface area contributed by atoms with Crippen molar-refractivity contribution in [3.05, 3.63) is 34.9 Å². The predicted octanol–water partition coefficient (Wildman–Crippen LogP) is 1.24. The highest BCUT2D eigenvalue weighted by Crippen LogP contribution is 2.13. The lowest BCUT2D eigenvalue weighted by Crippen LogP contribution is -2.87. The number of benzene rings is 1. The van der Waals surface area contributed by atoms with Crippen molar-refractivity contribution in [3.63, 3.8) is 0 Å². The van der Waals surface area contributed by atoms with E-state index in [1.165, 1.54) is 0 Å². The first-order valence-corrected chi connectivity index (χ1v) is 6.46. The zero-order chi connectivity index (χ0) is 14.3. The molecular weight excluding hydrogens is 268 g/mol. The summed E-state index contributed by atoms with van der Waals surface area (Å²) in [5.41, 5.74) is 1.06. The van der Waals surface area contributed by atoms with Crippen molar-refractivity contribution in [1.82, 2.24) is 5.32 Å². The van der Waals surface area contributed by atoms with Crippen molar-refractivity contribution >= 4 is 23.6 Å². The molecule has 0 aromatic heterocycles. The Balaban J connectivity index is 2.37. The Morgan fingerprint density at radius 1 is 1.37 bits per heavy atom. The molecular formula is C13H18ClN2O3+. The second kappa shape index (κ2) is 7.76. The number of hydrogen-bond acceptors (Lipinski definition) is 3. The number of amides is 2. The highest BCUT2D eigenvalue weighted by atomic mass is 35.5. The van der Waals surface area contributed by atoms with Crippen LogP contribution in [0, 0.1) is 0 Å². The van der Waals surface area contributed by atoms with Gasteiger partial charge in [-0.05, 0) is 26.0 Å². The predicted molar refractivity (Wildman–Crippen MR) is 71.8 cm³/mol. The Hall–Kier alpha value is -1.59. The van der Waals surface area contributed by atoms with Crippen LogP contribution in [0.3, 0.4) is 0 Å². The number of hydrogen-bond donors (Lipinski definition) is 2. The molecule has 0 aliphatic heterocycles. The lowest BCUT2D eigenvalue weighted by Gasteiger charge is -2.10. The van der Waals surface area contributed by atoms with E-state index in [0.29, 0.717) is 5.02 Å². The molecule has 3 N–H and O–H groups in total. The van der Waals surface area contributed by atoms with Crippen LogP contribution < -0.4 is 10.6 Å². The van der Waals surface area contributed by atoms with Crippen LogP contribution in [0.4, 0.5) is 4.79 Å². The third-order valence-electron chi connectivity index (χ3n) is 2.57. The number of alkyl carbamates (subject to hydrolysis) is 1. The molecule has 1 aromatic carbocycles. The molecule has 0 bridgehead atoms. The van der Waals surface area contributed by atoms with Gasteiger partial charge < -0.3 is 10.1 Å². The zero-order valence-corrected chi connectivity index (χ0v) is 11.7. The maximum absolute atomic E-state index is 11.5. The number of ether oxygens (including phenoxy) is 1. The average Bonchev–Trinajstić information content (AvgIpc) is 2.37. The van der Waals surface area contributed by atoms with Gasteiger partial charge in [-0.2, -0.15) is 0 Å². The van der Waals surface area contributed by atoms with Crippen LogP contribution in [-0.4, -0.2) is 25.2 Å². The van der Waals surface area contributed by atoms with Gasteiger partial charge in [0.25, 0.3) is 5.91 Å². The quantitative estimate of drug-likeness (QED) is 0.855. The van der Waals surface area contributed by atoms with E-state index in [4.69, 9.17) is 11.6 Å². The summed E-state index contributed by atoms with van der Waals surface area (Å²) in [5, 5.41) is 4.65. The van der Waals surface area contributed by atoms with Gasteiger partial charge in [-0.3, -0.25) is 10.1 Å². The Labute approximate surface area is 117 Å². The second-order valence-electron chi connectivity index (χ2n) is 4.05. The van der Waals surface area contributed by atoms with Crippen molar-refractivity contribution in [2.24, 2.45) is 0 Å². The summed E-state index contributed by atoms with van der Waals surface area (Å²) in [6.45, 7) is 4.05. The number of halogens is 1. The highest BCUT2D eigenvalue weighted by molar-refractivity contribution is 6.30. The summed E-state index contributed by atoms with van der Waals surface area (Å²) in [7, 11) is 0. The van der Waals surface area contributed by atoms with Gasteiger partial charge in [0, 0.05) is 10.6 Å². The standard InChI is InChI=1S/C13H17ClN2O3/c1-3-19-13(18)16-12(17)8-15-9(2)10-4-6-11(14)7-5-10/h4-7,9,15H,3,8H2,1-2H3,(H,16,17,18)/p+1/t9-/m0/s1. The molecule has 0 saturated carbocycles.